The van der Waals surface area contributed by atoms with Crippen molar-refractivity contribution in [2.24, 2.45) is 0 Å². The normalized spacial score (nSPS) is 11.6. The first-order valence-electron chi connectivity index (χ1n) is 5.98. The van der Waals surface area contributed by atoms with Crippen molar-refractivity contribution in [3.05, 3.63) is 65.2 Å². The van der Waals surface area contributed by atoms with Crippen LogP contribution in [0.5, 0.6) is 0 Å². The Morgan fingerprint density at radius 3 is 2.30 bits per heavy atom. The molecule has 0 radical (unpaired) electrons. The van der Waals surface area contributed by atoms with Crippen LogP contribution in [0, 0.1) is 0 Å². The standard InChI is InChI=1S/C15H13F3OS/c16-15(17,18)13-6-7-14(12(8-13)9-19)20-10-11-4-2-1-3-5-11/h1-8,19H,9-10H2. The molecule has 0 aromatic heterocycles. The molecule has 0 atom stereocenters. The fraction of sp³-hybridized carbons (Fsp3) is 0.200. The zero-order valence-corrected chi connectivity index (χ0v) is 11.3. The Bertz CT molecular complexity index is 567. The lowest BCUT2D eigenvalue weighted by molar-refractivity contribution is -0.137. The van der Waals surface area contributed by atoms with Crippen molar-refractivity contribution < 1.29 is 18.3 Å². The summed E-state index contributed by atoms with van der Waals surface area (Å²) in [6.07, 6.45) is -4.38. The van der Waals surface area contributed by atoms with Crippen LogP contribution in [0.25, 0.3) is 0 Å². The van der Waals surface area contributed by atoms with Crippen LogP contribution in [-0.4, -0.2) is 5.11 Å². The molecule has 0 saturated carbocycles. The zero-order valence-electron chi connectivity index (χ0n) is 10.5. The minimum absolute atomic E-state index is 0.306. The van der Waals surface area contributed by atoms with Gasteiger partial charge in [-0.25, -0.2) is 0 Å². The van der Waals surface area contributed by atoms with Gasteiger partial charge in [-0.2, -0.15) is 13.2 Å². The van der Waals surface area contributed by atoms with Gasteiger partial charge in [0.25, 0.3) is 0 Å². The average Bonchev–Trinajstić information content (AvgIpc) is 2.45. The van der Waals surface area contributed by atoms with Gasteiger partial charge in [-0.15, -0.1) is 11.8 Å². The number of aliphatic hydroxyl groups is 1. The Balaban J connectivity index is 2.16. The van der Waals surface area contributed by atoms with Crippen molar-refractivity contribution in [3.8, 4) is 0 Å². The summed E-state index contributed by atoms with van der Waals surface area (Å²) in [5.74, 6) is 0.652. The van der Waals surface area contributed by atoms with E-state index >= 15 is 0 Å². The van der Waals surface area contributed by atoms with E-state index in [2.05, 4.69) is 0 Å². The van der Waals surface area contributed by atoms with Crippen LogP contribution < -0.4 is 0 Å². The van der Waals surface area contributed by atoms with Crippen LogP contribution in [0.15, 0.2) is 53.4 Å². The van der Waals surface area contributed by atoms with E-state index in [9.17, 15) is 18.3 Å². The molecular weight excluding hydrogens is 285 g/mol. The fourth-order valence-electron chi connectivity index (χ4n) is 1.76. The molecule has 0 aliphatic carbocycles. The average molecular weight is 298 g/mol. The summed E-state index contributed by atoms with van der Waals surface area (Å²) in [5.41, 5.74) is 0.660. The second-order valence-corrected chi connectivity index (χ2v) is 5.27. The molecule has 0 spiro atoms. The van der Waals surface area contributed by atoms with Gasteiger partial charge in [0.05, 0.1) is 12.2 Å². The number of benzene rings is 2. The Kier molecular flexibility index (Phi) is 4.73. The molecule has 0 heterocycles. The largest absolute Gasteiger partial charge is 0.416 e. The van der Waals surface area contributed by atoms with E-state index in [4.69, 9.17) is 0 Å². The highest BCUT2D eigenvalue weighted by Gasteiger charge is 2.30. The van der Waals surface area contributed by atoms with Crippen molar-refractivity contribution in [2.45, 2.75) is 23.4 Å². The lowest BCUT2D eigenvalue weighted by atomic mass is 10.1. The topological polar surface area (TPSA) is 20.2 Å². The Hall–Kier alpha value is -1.46. The van der Waals surface area contributed by atoms with E-state index in [1.807, 2.05) is 30.3 Å². The lowest BCUT2D eigenvalue weighted by Crippen LogP contribution is -2.06. The highest BCUT2D eigenvalue weighted by atomic mass is 32.2. The van der Waals surface area contributed by atoms with Crippen molar-refractivity contribution in [2.75, 3.05) is 0 Å². The van der Waals surface area contributed by atoms with Gasteiger partial charge in [0, 0.05) is 10.6 Å². The van der Waals surface area contributed by atoms with E-state index in [1.165, 1.54) is 17.8 Å². The van der Waals surface area contributed by atoms with E-state index in [1.54, 1.807) is 0 Å². The number of hydrogen-bond donors (Lipinski definition) is 1. The Labute approximate surface area is 119 Å². The maximum atomic E-state index is 12.6. The molecule has 0 amide bonds. The van der Waals surface area contributed by atoms with Gasteiger partial charge in [-0.3, -0.25) is 0 Å². The van der Waals surface area contributed by atoms with Crippen LogP contribution in [0.1, 0.15) is 16.7 Å². The highest BCUT2D eigenvalue weighted by molar-refractivity contribution is 7.98. The molecule has 0 bridgehead atoms. The summed E-state index contributed by atoms with van der Waals surface area (Å²) in [6, 6.07) is 13.1. The monoisotopic (exact) mass is 298 g/mol. The van der Waals surface area contributed by atoms with Crippen molar-refractivity contribution >= 4 is 11.8 Å². The molecule has 0 saturated heterocycles. The van der Waals surface area contributed by atoms with Crippen LogP contribution in [0.4, 0.5) is 13.2 Å². The molecule has 1 nitrogen and oxygen atoms in total. The Morgan fingerprint density at radius 2 is 1.70 bits per heavy atom. The van der Waals surface area contributed by atoms with Crippen LogP contribution in [0.2, 0.25) is 0 Å². The summed E-state index contributed by atoms with van der Waals surface area (Å²) in [4.78, 5) is 0.671. The van der Waals surface area contributed by atoms with Crippen LogP contribution in [-0.2, 0) is 18.5 Å². The Morgan fingerprint density at radius 1 is 1.00 bits per heavy atom. The SMILES string of the molecule is OCc1cc(C(F)(F)F)ccc1SCc1ccccc1. The number of rotatable bonds is 4. The highest BCUT2D eigenvalue weighted by Crippen LogP contribution is 2.34. The summed E-state index contributed by atoms with van der Waals surface area (Å²) in [7, 11) is 0. The maximum Gasteiger partial charge on any atom is 0.416 e. The van der Waals surface area contributed by atoms with Gasteiger partial charge in [0.1, 0.15) is 0 Å². The first kappa shape index (κ1) is 14.9. The lowest BCUT2D eigenvalue weighted by Gasteiger charge is -2.12. The van der Waals surface area contributed by atoms with Crippen LogP contribution >= 0.6 is 11.8 Å². The van der Waals surface area contributed by atoms with E-state index < -0.39 is 18.3 Å². The van der Waals surface area contributed by atoms with Crippen LogP contribution in [0.3, 0.4) is 0 Å². The summed E-state index contributed by atoms with van der Waals surface area (Å²) >= 11 is 1.42. The molecule has 0 aliphatic heterocycles. The number of alkyl halides is 3. The van der Waals surface area contributed by atoms with Gasteiger partial charge in [0.2, 0.25) is 0 Å². The van der Waals surface area contributed by atoms with Crippen molar-refractivity contribution in [1.29, 1.82) is 0 Å². The number of halogens is 3. The van der Waals surface area contributed by atoms with E-state index in [-0.39, 0.29) is 0 Å². The molecule has 2 aromatic rings. The quantitative estimate of drug-likeness (QED) is 0.839. The first-order chi connectivity index (χ1) is 9.50. The second-order valence-electron chi connectivity index (χ2n) is 4.25. The number of aliphatic hydroxyl groups excluding tert-OH is 1. The molecule has 5 heteroatoms. The third-order valence-electron chi connectivity index (χ3n) is 2.80. The minimum Gasteiger partial charge on any atom is -0.392 e. The van der Waals surface area contributed by atoms with E-state index in [0.717, 1.165) is 17.7 Å². The smallest absolute Gasteiger partial charge is 0.392 e. The van der Waals surface area contributed by atoms with Crippen molar-refractivity contribution in [3.63, 3.8) is 0 Å². The van der Waals surface area contributed by atoms with Gasteiger partial charge in [-0.05, 0) is 29.3 Å². The molecule has 0 aliphatic rings. The first-order valence-corrected chi connectivity index (χ1v) is 6.97. The van der Waals surface area contributed by atoms with Gasteiger partial charge < -0.3 is 5.11 Å². The molecule has 2 aromatic carbocycles. The predicted molar refractivity (Wildman–Crippen MR) is 73.4 cm³/mol. The third kappa shape index (κ3) is 3.77. The summed E-state index contributed by atoms with van der Waals surface area (Å²) < 4.78 is 37.8. The molecule has 1 N–H and O–H groups in total. The van der Waals surface area contributed by atoms with Gasteiger partial charge >= 0.3 is 6.18 Å². The molecule has 106 valence electrons. The maximum absolute atomic E-state index is 12.6. The molecule has 0 unspecified atom stereocenters. The second kappa shape index (κ2) is 6.33. The minimum atomic E-state index is -4.38. The number of thioether (sulfide) groups is 1. The van der Waals surface area contributed by atoms with Gasteiger partial charge in [0.15, 0.2) is 0 Å². The summed E-state index contributed by atoms with van der Waals surface area (Å²) in [6.45, 7) is -0.402. The van der Waals surface area contributed by atoms with E-state index in [0.29, 0.717) is 16.2 Å². The van der Waals surface area contributed by atoms with Gasteiger partial charge in [-0.1, -0.05) is 30.3 Å². The predicted octanol–water partition coefficient (Wildman–Crippen LogP) is 4.49. The molecular formula is C15H13F3OS. The molecule has 20 heavy (non-hydrogen) atoms. The summed E-state index contributed by atoms with van der Waals surface area (Å²) in [5, 5.41) is 9.23. The number of hydrogen-bond acceptors (Lipinski definition) is 2. The van der Waals surface area contributed by atoms with Crippen molar-refractivity contribution in [1.82, 2.24) is 0 Å². The molecule has 0 fully saturated rings. The third-order valence-corrected chi connectivity index (χ3v) is 3.98. The fourth-order valence-corrected chi connectivity index (χ4v) is 2.74. The zero-order chi connectivity index (χ0) is 14.6. The molecule has 2 rings (SSSR count).